The van der Waals surface area contributed by atoms with Gasteiger partial charge in [0.15, 0.2) is 11.0 Å². The van der Waals surface area contributed by atoms with E-state index in [0.29, 0.717) is 28.1 Å². The minimum Gasteiger partial charge on any atom is -0.326 e. The first kappa shape index (κ1) is 21.9. The van der Waals surface area contributed by atoms with E-state index >= 15 is 0 Å². The molecule has 2 aromatic carbocycles. The molecule has 0 atom stereocenters. The second-order valence-corrected chi connectivity index (χ2v) is 7.93. The summed E-state index contributed by atoms with van der Waals surface area (Å²) in [5, 5.41) is 15.1. The van der Waals surface area contributed by atoms with Crippen LogP contribution in [0.5, 0.6) is 0 Å². The van der Waals surface area contributed by atoms with Gasteiger partial charge in [-0.2, -0.15) is 0 Å². The standard InChI is InChI=1S/C21H22ClN5O2S/c1-4-27-20(16-8-6-5-7-13(16)2)25-26-21(27)30-12-19(29)24-18-11-15(23-14(3)28)9-10-17(18)22/h5-11H,4,12H2,1-3H3,(H,23,28)(H,24,29). The average molecular weight is 444 g/mol. The Balaban J connectivity index is 1.70. The molecule has 2 amide bonds. The number of nitrogens with zero attached hydrogens (tertiary/aromatic N) is 3. The molecule has 0 fully saturated rings. The predicted molar refractivity (Wildman–Crippen MR) is 121 cm³/mol. The van der Waals surface area contributed by atoms with E-state index < -0.39 is 0 Å². The normalized spacial score (nSPS) is 10.7. The quantitative estimate of drug-likeness (QED) is 0.520. The molecular formula is C21H22ClN5O2S. The summed E-state index contributed by atoms with van der Waals surface area (Å²) in [7, 11) is 0. The van der Waals surface area contributed by atoms with Crippen LogP contribution < -0.4 is 10.6 Å². The summed E-state index contributed by atoms with van der Waals surface area (Å²) in [4.78, 5) is 23.7. The van der Waals surface area contributed by atoms with Crippen molar-refractivity contribution in [3.63, 3.8) is 0 Å². The maximum absolute atomic E-state index is 12.5. The number of halogens is 1. The molecule has 0 radical (unpaired) electrons. The van der Waals surface area contributed by atoms with Gasteiger partial charge in [-0.1, -0.05) is 47.6 Å². The number of anilines is 2. The highest BCUT2D eigenvalue weighted by Crippen LogP contribution is 2.28. The fraction of sp³-hybridized carbons (Fsp3) is 0.238. The van der Waals surface area contributed by atoms with Crippen molar-refractivity contribution < 1.29 is 9.59 Å². The molecule has 0 saturated carbocycles. The van der Waals surface area contributed by atoms with Crippen LogP contribution >= 0.6 is 23.4 Å². The summed E-state index contributed by atoms with van der Waals surface area (Å²) in [5.41, 5.74) is 3.13. The van der Waals surface area contributed by atoms with Crippen molar-refractivity contribution in [2.24, 2.45) is 0 Å². The number of aryl methyl sites for hydroxylation is 1. The third-order valence-electron chi connectivity index (χ3n) is 4.31. The van der Waals surface area contributed by atoms with Crippen LogP contribution in [0.4, 0.5) is 11.4 Å². The third kappa shape index (κ3) is 5.20. The van der Waals surface area contributed by atoms with Crippen LogP contribution in [0.3, 0.4) is 0 Å². The van der Waals surface area contributed by atoms with E-state index in [-0.39, 0.29) is 17.6 Å². The third-order valence-corrected chi connectivity index (χ3v) is 5.61. The zero-order chi connectivity index (χ0) is 21.7. The van der Waals surface area contributed by atoms with E-state index in [0.717, 1.165) is 17.0 Å². The highest BCUT2D eigenvalue weighted by molar-refractivity contribution is 7.99. The summed E-state index contributed by atoms with van der Waals surface area (Å²) >= 11 is 7.47. The van der Waals surface area contributed by atoms with Gasteiger partial charge < -0.3 is 15.2 Å². The molecule has 3 aromatic rings. The van der Waals surface area contributed by atoms with E-state index in [2.05, 4.69) is 20.8 Å². The lowest BCUT2D eigenvalue weighted by Gasteiger charge is -2.11. The first-order chi connectivity index (χ1) is 14.4. The van der Waals surface area contributed by atoms with E-state index in [1.165, 1.54) is 18.7 Å². The predicted octanol–water partition coefficient (Wildman–Crippen LogP) is 4.62. The van der Waals surface area contributed by atoms with Gasteiger partial charge in [0.25, 0.3) is 0 Å². The molecule has 0 spiro atoms. The highest BCUT2D eigenvalue weighted by Gasteiger charge is 2.16. The van der Waals surface area contributed by atoms with Gasteiger partial charge in [-0.3, -0.25) is 9.59 Å². The smallest absolute Gasteiger partial charge is 0.234 e. The number of hydrogen-bond acceptors (Lipinski definition) is 5. The minimum atomic E-state index is -0.232. The average Bonchev–Trinajstić information content (AvgIpc) is 3.11. The van der Waals surface area contributed by atoms with E-state index in [9.17, 15) is 9.59 Å². The van der Waals surface area contributed by atoms with Gasteiger partial charge in [0.1, 0.15) is 0 Å². The molecule has 0 aliphatic rings. The van der Waals surface area contributed by atoms with E-state index in [1.807, 2.05) is 42.7 Å². The second kappa shape index (κ2) is 9.77. The number of carbonyl (C=O) groups excluding carboxylic acids is 2. The Morgan fingerprint density at radius 2 is 1.90 bits per heavy atom. The molecule has 0 saturated heterocycles. The topological polar surface area (TPSA) is 88.9 Å². The molecule has 2 N–H and O–H groups in total. The molecule has 30 heavy (non-hydrogen) atoms. The SMILES string of the molecule is CCn1c(SCC(=O)Nc2cc(NC(C)=O)ccc2Cl)nnc1-c1ccccc1C. The maximum Gasteiger partial charge on any atom is 0.234 e. The Morgan fingerprint density at radius 3 is 2.60 bits per heavy atom. The van der Waals surface area contributed by atoms with Crippen molar-refractivity contribution in [1.29, 1.82) is 0 Å². The number of benzene rings is 2. The number of amides is 2. The second-order valence-electron chi connectivity index (χ2n) is 6.58. The number of hydrogen-bond donors (Lipinski definition) is 2. The fourth-order valence-corrected chi connectivity index (χ4v) is 3.89. The van der Waals surface area contributed by atoms with Gasteiger partial charge in [0, 0.05) is 24.7 Å². The van der Waals surface area contributed by atoms with Gasteiger partial charge in [-0.05, 0) is 37.6 Å². The first-order valence-corrected chi connectivity index (χ1v) is 10.7. The highest BCUT2D eigenvalue weighted by atomic mass is 35.5. The van der Waals surface area contributed by atoms with Crippen LogP contribution in [0.2, 0.25) is 5.02 Å². The lowest BCUT2D eigenvalue weighted by molar-refractivity contribution is -0.114. The van der Waals surface area contributed by atoms with Crippen molar-refractivity contribution in [2.75, 3.05) is 16.4 Å². The molecule has 0 aliphatic heterocycles. The Morgan fingerprint density at radius 1 is 1.13 bits per heavy atom. The Bertz CT molecular complexity index is 1080. The van der Waals surface area contributed by atoms with Crippen molar-refractivity contribution in [3.8, 4) is 11.4 Å². The largest absolute Gasteiger partial charge is 0.326 e. The van der Waals surface area contributed by atoms with E-state index in [4.69, 9.17) is 11.6 Å². The van der Waals surface area contributed by atoms with Gasteiger partial charge in [0.05, 0.1) is 16.5 Å². The summed E-state index contributed by atoms with van der Waals surface area (Å²) in [6.07, 6.45) is 0. The molecular weight excluding hydrogens is 422 g/mol. The van der Waals surface area contributed by atoms with Crippen molar-refractivity contribution in [3.05, 3.63) is 53.1 Å². The first-order valence-electron chi connectivity index (χ1n) is 9.38. The number of aromatic nitrogens is 3. The zero-order valence-corrected chi connectivity index (χ0v) is 18.5. The molecule has 9 heteroatoms. The lowest BCUT2D eigenvalue weighted by Crippen LogP contribution is -2.15. The molecule has 1 heterocycles. The molecule has 3 rings (SSSR count). The van der Waals surface area contributed by atoms with Gasteiger partial charge >= 0.3 is 0 Å². The summed E-state index contributed by atoms with van der Waals surface area (Å²) in [6, 6.07) is 12.9. The van der Waals surface area contributed by atoms with Crippen LogP contribution in [-0.2, 0) is 16.1 Å². The lowest BCUT2D eigenvalue weighted by atomic mass is 10.1. The van der Waals surface area contributed by atoms with Crippen LogP contribution in [0.25, 0.3) is 11.4 Å². The van der Waals surface area contributed by atoms with Gasteiger partial charge in [-0.25, -0.2) is 0 Å². The molecule has 0 bridgehead atoms. The van der Waals surface area contributed by atoms with Gasteiger partial charge in [-0.15, -0.1) is 10.2 Å². The number of nitrogens with one attached hydrogen (secondary N) is 2. The number of rotatable bonds is 7. The maximum atomic E-state index is 12.5. The Labute approximate surface area is 184 Å². The number of thioether (sulfide) groups is 1. The van der Waals surface area contributed by atoms with Gasteiger partial charge in [0.2, 0.25) is 11.8 Å². The minimum absolute atomic E-state index is 0.145. The molecule has 156 valence electrons. The molecule has 0 aliphatic carbocycles. The summed E-state index contributed by atoms with van der Waals surface area (Å²) in [6.45, 7) is 6.15. The van der Waals surface area contributed by atoms with E-state index in [1.54, 1.807) is 18.2 Å². The van der Waals surface area contributed by atoms with Crippen molar-refractivity contribution >= 4 is 46.6 Å². The van der Waals surface area contributed by atoms with Crippen molar-refractivity contribution in [2.45, 2.75) is 32.5 Å². The monoisotopic (exact) mass is 443 g/mol. The van der Waals surface area contributed by atoms with Crippen LogP contribution in [0.1, 0.15) is 19.4 Å². The van der Waals surface area contributed by atoms with Crippen LogP contribution in [0.15, 0.2) is 47.6 Å². The number of carbonyl (C=O) groups is 2. The van der Waals surface area contributed by atoms with Crippen molar-refractivity contribution in [1.82, 2.24) is 14.8 Å². The molecule has 1 aromatic heterocycles. The Kier molecular flexibility index (Phi) is 7.12. The summed E-state index contributed by atoms with van der Waals surface area (Å²) in [5.74, 6) is 0.495. The molecule has 7 nitrogen and oxygen atoms in total. The Hall–Kier alpha value is -2.84. The molecule has 0 unspecified atom stereocenters. The fourth-order valence-electron chi connectivity index (χ4n) is 2.92. The van der Waals surface area contributed by atoms with Crippen LogP contribution in [-0.4, -0.2) is 32.3 Å². The van der Waals surface area contributed by atoms with Crippen LogP contribution in [0, 0.1) is 6.92 Å². The summed E-state index contributed by atoms with van der Waals surface area (Å²) < 4.78 is 1.99. The zero-order valence-electron chi connectivity index (χ0n) is 16.9.